The van der Waals surface area contributed by atoms with Crippen LogP contribution in [0.3, 0.4) is 0 Å². The number of nitrogens with one attached hydrogen (secondary N) is 2. The van der Waals surface area contributed by atoms with Crippen LogP contribution in [0.4, 0.5) is 5.69 Å². The number of rotatable bonds is 4. The molecule has 2 unspecified atom stereocenters. The Morgan fingerprint density at radius 1 is 1.35 bits per heavy atom. The Morgan fingerprint density at radius 3 is 2.60 bits per heavy atom. The van der Waals surface area contributed by atoms with Crippen LogP contribution >= 0.6 is 15.9 Å². The summed E-state index contributed by atoms with van der Waals surface area (Å²) >= 11 is 3.47. The number of halogens is 1. The van der Waals surface area contributed by atoms with Crippen molar-refractivity contribution in [3.63, 3.8) is 0 Å². The zero-order valence-corrected chi connectivity index (χ0v) is 13.7. The van der Waals surface area contributed by atoms with E-state index in [2.05, 4.69) is 26.6 Å². The fourth-order valence-corrected chi connectivity index (χ4v) is 3.29. The van der Waals surface area contributed by atoms with Crippen molar-refractivity contribution in [1.29, 1.82) is 0 Å². The van der Waals surface area contributed by atoms with Gasteiger partial charge in [-0.2, -0.15) is 0 Å². The third-order valence-electron chi connectivity index (χ3n) is 3.63. The number of carbonyl (C=O) groups is 1. The highest BCUT2D eigenvalue weighted by Crippen LogP contribution is 2.26. The molecule has 1 heterocycles. The first-order valence-electron chi connectivity index (χ1n) is 6.91. The van der Waals surface area contributed by atoms with Gasteiger partial charge in [-0.05, 0) is 43.7 Å². The first-order valence-corrected chi connectivity index (χ1v) is 7.71. The lowest BCUT2D eigenvalue weighted by Gasteiger charge is -2.19. The summed E-state index contributed by atoms with van der Waals surface area (Å²) in [5.74, 6) is -0.0978. The molecule has 0 spiro atoms. The third kappa shape index (κ3) is 3.40. The summed E-state index contributed by atoms with van der Waals surface area (Å²) in [6.45, 7) is 7.97. The minimum atomic E-state index is -0.127. The highest BCUT2D eigenvalue weighted by molar-refractivity contribution is 9.10. The number of ether oxygens (including phenoxy) is 1. The van der Waals surface area contributed by atoms with E-state index in [0.29, 0.717) is 13.2 Å². The maximum absolute atomic E-state index is 12.4. The van der Waals surface area contributed by atoms with Crippen molar-refractivity contribution in [3.8, 4) is 0 Å². The molecule has 1 fully saturated rings. The lowest BCUT2D eigenvalue weighted by atomic mass is 10.0. The molecule has 1 amide bonds. The molecule has 2 rings (SSSR count). The molecule has 1 aromatic carbocycles. The second-order valence-electron chi connectivity index (χ2n) is 5.21. The highest BCUT2D eigenvalue weighted by atomic mass is 79.9. The molecule has 0 aliphatic carbocycles. The van der Waals surface area contributed by atoms with E-state index in [1.54, 1.807) is 0 Å². The van der Waals surface area contributed by atoms with Crippen molar-refractivity contribution in [1.82, 2.24) is 5.32 Å². The molecule has 0 saturated carbocycles. The van der Waals surface area contributed by atoms with Crippen LogP contribution in [0.2, 0.25) is 0 Å². The first-order chi connectivity index (χ1) is 9.52. The number of likely N-dealkylation sites (N-methyl/N-ethyl adjacent to an activating group) is 1. The lowest BCUT2D eigenvalue weighted by molar-refractivity contribution is -0.120. The Morgan fingerprint density at radius 2 is 2.00 bits per heavy atom. The predicted octanol–water partition coefficient (Wildman–Crippen LogP) is 2.63. The molecule has 1 saturated heterocycles. The topological polar surface area (TPSA) is 50.4 Å². The van der Waals surface area contributed by atoms with E-state index in [1.807, 2.05) is 32.9 Å². The standard InChI is InChI=1S/C15H21BrN2O2/c1-4-17-13-8-20-7-12(13)15(19)18-14-9(2)5-11(16)6-10(14)3/h5-6,12-13,17H,4,7-8H2,1-3H3,(H,18,19). The molecule has 0 aromatic heterocycles. The van der Waals surface area contributed by atoms with Crippen molar-refractivity contribution in [3.05, 3.63) is 27.7 Å². The summed E-state index contributed by atoms with van der Waals surface area (Å²) in [6, 6.07) is 4.13. The molecule has 2 N–H and O–H groups in total. The van der Waals surface area contributed by atoms with Crippen LogP contribution in [0.15, 0.2) is 16.6 Å². The molecule has 20 heavy (non-hydrogen) atoms. The third-order valence-corrected chi connectivity index (χ3v) is 4.09. The Hall–Kier alpha value is -0.910. The molecule has 0 bridgehead atoms. The fraction of sp³-hybridized carbons (Fsp3) is 0.533. The summed E-state index contributed by atoms with van der Waals surface area (Å²) in [5, 5.41) is 6.36. The lowest BCUT2D eigenvalue weighted by Crippen LogP contribution is -2.41. The van der Waals surface area contributed by atoms with Gasteiger partial charge in [-0.1, -0.05) is 22.9 Å². The van der Waals surface area contributed by atoms with Crippen LogP contribution in [-0.4, -0.2) is 31.7 Å². The van der Waals surface area contributed by atoms with Gasteiger partial charge in [-0.3, -0.25) is 4.79 Å². The van der Waals surface area contributed by atoms with Gasteiger partial charge >= 0.3 is 0 Å². The van der Waals surface area contributed by atoms with Gasteiger partial charge in [-0.15, -0.1) is 0 Å². The van der Waals surface area contributed by atoms with Gasteiger partial charge in [0.05, 0.1) is 19.1 Å². The zero-order chi connectivity index (χ0) is 14.7. The van der Waals surface area contributed by atoms with Gasteiger partial charge in [0, 0.05) is 16.2 Å². The summed E-state index contributed by atoms with van der Waals surface area (Å²) in [4.78, 5) is 12.4. The molecule has 0 radical (unpaired) electrons. The number of aryl methyl sites for hydroxylation is 2. The van der Waals surface area contributed by atoms with Crippen molar-refractivity contribution in [2.45, 2.75) is 26.8 Å². The normalized spacial score (nSPS) is 22.0. The average Bonchev–Trinajstić information content (AvgIpc) is 2.82. The molecular weight excluding hydrogens is 320 g/mol. The summed E-state index contributed by atoms with van der Waals surface area (Å²) in [5.41, 5.74) is 3.02. The van der Waals surface area contributed by atoms with E-state index >= 15 is 0 Å². The summed E-state index contributed by atoms with van der Waals surface area (Å²) in [7, 11) is 0. The van der Waals surface area contributed by atoms with Crippen LogP contribution in [0.1, 0.15) is 18.1 Å². The fourth-order valence-electron chi connectivity index (χ4n) is 2.60. The van der Waals surface area contributed by atoms with Gasteiger partial charge in [-0.25, -0.2) is 0 Å². The van der Waals surface area contributed by atoms with Gasteiger partial charge < -0.3 is 15.4 Å². The van der Waals surface area contributed by atoms with E-state index < -0.39 is 0 Å². The Labute approximate surface area is 128 Å². The molecule has 1 aromatic rings. The number of hydrogen-bond donors (Lipinski definition) is 2. The highest BCUT2D eigenvalue weighted by Gasteiger charge is 2.33. The van der Waals surface area contributed by atoms with E-state index in [9.17, 15) is 4.79 Å². The molecule has 110 valence electrons. The van der Waals surface area contributed by atoms with Crippen LogP contribution in [0, 0.1) is 19.8 Å². The van der Waals surface area contributed by atoms with Gasteiger partial charge in [0.2, 0.25) is 5.91 Å². The molecule has 2 atom stereocenters. The van der Waals surface area contributed by atoms with Gasteiger partial charge in [0.1, 0.15) is 0 Å². The smallest absolute Gasteiger partial charge is 0.231 e. The number of carbonyl (C=O) groups excluding carboxylic acids is 1. The quantitative estimate of drug-likeness (QED) is 0.885. The summed E-state index contributed by atoms with van der Waals surface area (Å²) in [6.07, 6.45) is 0. The molecule has 4 nitrogen and oxygen atoms in total. The molecule has 1 aliphatic heterocycles. The maximum atomic E-state index is 12.4. The minimum absolute atomic E-state index is 0.0296. The van der Waals surface area contributed by atoms with Crippen LogP contribution < -0.4 is 10.6 Å². The van der Waals surface area contributed by atoms with Crippen molar-refractivity contribution in [2.75, 3.05) is 25.1 Å². The SMILES string of the molecule is CCNC1COCC1C(=O)Nc1c(C)cc(Br)cc1C. The minimum Gasteiger partial charge on any atom is -0.379 e. The van der Waals surface area contributed by atoms with E-state index in [4.69, 9.17) is 4.74 Å². The van der Waals surface area contributed by atoms with E-state index in [-0.39, 0.29) is 17.9 Å². The van der Waals surface area contributed by atoms with Crippen molar-refractivity contribution in [2.24, 2.45) is 5.92 Å². The van der Waals surface area contributed by atoms with Gasteiger partial charge in [0.25, 0.3) is 0 Å². The van der Waals surface area contributed by atoms with Crippen LogP contribution in [0.25, 0.3) is 0 Å². The maximum Gasteiger partial charge on any atom is 0.231 e. The second kappa shape index (κ2) is 6.70. The number of anilines is 1. The Bertz CT molecular complexity index is 482. The van der Waals surface area contributed by atoms with Crippen molar-refractivity contribution >= 4 is 27.5 Å². The predicted molar refractivity (Wildman–Crippen MR) is 84.0 cm³/mol. The molecule has 1 aliphatic rings. The largest absolute Gasteiger partial charge is 0.379 e. The van der Waals surface area contributed by atoms with E-state index in [0.717, 1.165) is 27.8 Å². The molecular formula is C15H21BrN2O2. The second-order valence-corrected chi connectivity index (χ2v) is 6.13. The number of benzene rings is 1. The van der Waals surface area contributed by atoms with Crippen molar-refractivity contribution < 1.29 is 9.53 Å². The van der Waals surface area contributed by atoms with Gasteiger partial charge in [0.15, 0.2) is 0 Å². The molecule has 5 heteroatoms. The summed E-state index contributed by atoms with van der Waals surface area (Å²) < 4.78 is 6.46. The van der Waals surface area contributed by atoms with Crippen LogP contribution in [-0.2, 0) is 9.53 Å². The van der Waals surface area contributed by atoms with E-state index in [1.165, 1.54) is 0 Å². The number of hydrogen-bond acceptors (Lipinski definition) is 3. The monoisotopic (exact) mass is 340 g/mol. The first kappa shape index (κ1) is 15.5. The zero-order valence-electron chi connectivity index (χ0n) is 12.1. The Balaban J connectivity index is 2.12. The van der Waals surface area contributed by atoms with Crippen LogP contribution in [0.5, 0.6) is 0 Å². The average molecular weight is 341 g/mol. The Kier molecular flexibility index (Phi) is 5.18. The number of amides is 1.